The van der Waals surface area contributed by atoms with Gasteiger partial charge in [-0.05, 0) is 34.6 Å². The number of imidazole rings is 1. The molecule has 0 saturated carbocycles. The first-order valence-electron chi connectivity index (χ1n) is 10.9. The van der Waals surface area contributed by atoms with Crippen molar-refractivity contribution >= 4 is 29.2 Å². The molecule has 2 aromatic heterocycles. The highest BCUT2D eigenvalue weighted by Gasteiger charge is 2.29. The Labute approximate surface area is 197 Å². The van der Waals surface area contributed by atoms with E-state index in [4.69, 9.17) is 14.6 Å². The normalized spacial score (nSPS) is 15.0. The number of hydrogen-bond donors (Lipinski definition) is 1. The molecule has 1 aliphatic rings. The molecular formula is C22H30N6O6. The molecule has 1 unspecified atom stereocenters. The summed E-state index contributed by atoms with van der Waals surface area (Å²) in [6, 6.07) is -0.139. The molecular weight excluding hydrogens is 444 g/mol. The molecule has 3 rings (SSSR count). The van der Waals surface area contributed by atoms with Crippen LogP contribution in [0, 0.1) is 11.8 Å². The van der Waals surface area contributed by atoms with Gasteiger partial charge < -0.3 is 24.4 Å². The number of ether oxygens (including phenoxy) is 2. The van der Waals surface area contributed by atoms with E-state index in [2.05, 4.69) is 21.8 Å². The zero-order chi connectivity index (χ0) is 25.2. The molecule has 1 aliphatic heterocycles. The van der Waals surface area contributed by atoms with Crippen LogP contribution in [0.4, 0.5) is 10.7 Å². The zero-order valence-electron chi connectivity index (χ0n) is 20.3. The van der Waals surface area contributed by atoms with Crippen molar-refractivity contribution in [1.29, 1.82) is 0 Å². The van der Waals surface area contributed by atoms with Crippen LogP contribution in [-0.4, -0.2) is 79.1 Å². The van der Waals surface area contributed by atoms with Gasteiger partial charge in [0, 0.05) is 33.2 Å². The minimum Gasteiger partial charge on any atom is -0.479 e. The molecule has 2 aromatic rings. The second-order valence-electron chi connectivity index (χ2n) is 8.91. The van der Waals surface area contributed by atoms with E-state index in [0.717, 1.165) is 4.57 Å². The summed E-state index contributed by atoms with van der Waals surface area (Å²) >= 11 is 0. The summed E-state index contributed by atoms with van der Waals surface area (Å²) in [5.74, 6) is 5.10. The molecule has 0 aromatic carbocycles. The fourth-order valence-electron chi connectivity index (χ4n) is 3.41. The van der Waals surface area contributed by atoms with Gasteiger partial charge in [0.15, 0.2) is 17.3 Å². The fraction of sp³-hybridized carbons (Fsp3) is 0.591. The highest BCUT2D eigenvalue weighted by Crippen LogP contribution is 2.23. The predicted octanol–water partition coefficient (Wildman–Crippen LogP) is 1.06. The summed E-state index contributed by atoms with van der Waals surface area (Å²) in [6.07, 6.45) is -1.56. The maximum atomic E-state index is 13.2. The number of anilines is 1. The predicted molar refractivity (Wildman–Crippen MR) is 124 cm³/mol. The van der Waals surface area contributed by atoms with Crippen LogP contribution in [-0.2, 0) is 23.1 Å². The third kappa shape index (κ3) is 5.24. The molecule has 1 N–H and O–H groups in total. The molecule has 12 heteroatoms. The lowest BCUT2D eigenvalue weighted by Gasteiger charge is -2.36. The molecule has 1 fully saturated rings. The van der Waals surface area contributed by atoms with Crippen molar-refractivity contribution < 1.29 is 24.2 Å². The van der Waals surface area contributed by atoms with Gasteiger partial charge in [-0.15, -0.1) is 5.92 Å². The van der Waals surface area contributed by atoms with Gasteiger partial charge in [0.25, 0.3) is 5.56 Å². The van der Waals surface area contributed by atoms with E-state index in [1.807, 2.05) is 25.7 Å². The number of amides is 1. The van der Waals surface area contributed by atoms with Gasteiger partial charge in [-0.2, -0.15) is 9.97 Å². The molecule has 0 aliphatic carbocycles. The SMILES string of the molecule is CC#CCn1c(N2CCN(C(=O)OC(C)(C)C)CC2)nc2nc(OC(C)C(=O)O)n(C)c(=O)c21. The Morgan fingerprint density at radius 1 is 1.18 bits per heavy atom. The van der Waals surface area contributed by atoms with Crippen LogP contribution >= 0.6 is 0 Å². The minimum atomic E-state index is -1.19. The van der Waals surface area contributed by atoms with Crippen LogP contribution < -0.4 is 15.2 Å². The number of nitrogens with zero attached hydrogens (tertiary/aromatic N) is 6. The average molecular weight is 475 g/mol. The number of carboxylic acid groups (broad SMARTS) is 1. The molecule has 34 heavy (non-hydrogen) atoms. The van der Waals surface area contributed by atoms with Crippen LogP contribution in [0.2, 0.25) is 0 Å². The lowest BCUT2D eigenvalue weighted by Crippen LogP contribution is -2.50. The van der Waals surface area contributed by atoms with Crippen molar-refractivity contribution in [3.8, 4) is 17.9 Å². The van der Waals surface area contributed by atoms with E-state index in [1.165, 1.54) is 14.0 Å². The van der Waals surface area contributed by atoms with Crippen LogP contribution in [0.15, 0.2) is 4.79 Å². The number of rotatable bonds is 5. The van der Waals surface area contributed by atoms with Crippen LogP contribution in [0.25, 0.3) is 11.2 Å². The third-order valence-corrected chi connectivity index (χ3v) is 5.18. The summed E-state index contributed by atoms with van der Waals surface area (Å²) in [6.45, 7) is 10.5. The van der Waals surface area contributed by atoms with Gasteiger partial charge in [-0.25, -0.2) is 9.59 Å². The zero-order valence-corrected chi connectivity index (χ0v) is 20.3. The van der Waals surface area contributed by atoms with Gasteiger partial charge in [0.05, 0.1) is 6.54 Å². The van der Waals surface area contributed by atoms with Crippen LogP contribution in [0.1, 0.15) is 34.6 Å². The third-order valence-electron chi connectivity index (χ3n) is 5.18. The molecule has 1 amide bonds. The number of carbonyl (C=O) groups excluding carboxylic acids is 1. The minimum absolute atomic E-state index is 0.137. The Kier molecular flexibility index (Phi) is 7.04. The van der Waals surface area contributed by atoms with Crippen molar-refractivity contribution in [3.05, 3.63) is 10.4 Å². The summed E-state index contributed by atoms with van der Waals surface area (Å²) in [4.78, 5) is 49.2. The average Bonchev–Trinajstić information content (AvgIpc) is 3.12. The summed E-state index contributed by atoms with van der Waals surface area (Å²) in [5.41, 5.74) is -0.630. The Balaban J connectivity index is 1.95. The fourth-order valence-corrected chi connectivity index (χ4v) is 3.41. The largest absolute Gasteiger partial charge is 0.479 e. The van der Waals surface area contributed by atoms with E-state index in [-0.39, 0.29) is 29.8 Å². The van der Waals surface area contributed by atoms with Crippen molar-refractivity contribution in [2.24, 2.45) is 7.05 Å². The molecule has 184 valence electrons. The molecule has 1 saturated heterocycles. The Bertz CT molecular complexity index is 1210. The number of hydrogen-bond acceptors (Lipinski definition) is 8. The number of fused-ring (bicyclic) bond motifs is 1. The molecule has 0 bridgehead atoms. The first-order valence-corrected chi connectivity index (χ1v) is 10.9. The van der Waals surface area contributed by atoms with E-state index < -0.39 is 23.2 Å². The van der Waals surface area contributed by atoms with Crippen LogP contribution in [0.3, 0.4) is 0 Å². The molecule has 0 spiro atoms. The topological polar surface area (TPSA) is 132 Å². The van der Waals surface area contributed by atoms with E-state index in [9.17, 15) is 14.4 Å². The summed E-state index contributed by atoms with van der Waals surface area (Å²) in [5, 5.41) is 9.14. The van der Waals surface area contributed by atoms with E-state index >= 15 is 0 Å². The van der Waals surface area contributed by atoms with Gasteiger partial charge >= 0.3 is 18.1 Å². The van der Waals surface area contributed by atoms with Crippen molar-refractivity contribution in [2.45, 2.75) is 52.9 Å². The molecule has 0 radical (unpaired) electrons. The second-order valence-corrected chi connectivity index (χ2v) is 8.91. The Hall–Kier alpha value is -3.75. The van der Waals surface area contributed by atoms with Crippen molar-refractivity contribution in [3.63, 3.8) is 0 Å². The Morgan fingerprint density at radius 3 is 2.38 bits per heavy atom. The molecule has 12 nitrogen and oxygen atoms in total. The summed E-state index contributed by atoms with van der Waals surface area (Å²) in [7, 11) is 1.46. The molecule has 3 heterocycles. The van der Waals surface area contributed by atoms with Gasteiger partial charge in [0.2, 0.25) is 5.95 Å². The smallest absolute Gasteiger partial charge is 0.410 e. The second kappa shape index (κ2) is 9.62. The van der Waals surface area contributed by atoms with Gasteiger partial charge in [0.1, 0.15) is 5.60 Å². The van der Waals surface area contributed by atoms with Gasteiger partial charge in [-0.3, -0.25) is 13.9 Å². The molecule has 1 atom stereocenters. The quantitative estimate of drug-likeness (QED) is 0.632. The number of aromatic nitrogens is 4. The van der Waals surface area contributed by atoms with E-state index in [0.29, 0.717) is 32.1 Å². The Morgan fingerprint density at radius 2 is 1.82 bits per heavy atom. The van der Waals surface area contributed by atoms with Gasteiger partial charge in [-0.1, -0.05) is 5.92 Å². The lowest BCUT2D eigenvalue weighted by atomic mass is 10.2. The first kappa shape index (κ1) is 24.9. The summed E-state index contributed by atoms with van der Waals surface area (Å²) < 4.78 is 13.7. The maximum Gasteiger partial charge on any atom is 0.410 e. The highest BCUT2D eigenvalue weighted by molar-refractivity contribution is 5.75. The first-order chi connectivity index (χ1) is 15.9. The lowest BCUT2D eigenvalue weighted by molar-refractivity contribution is -0.144. The number of aliphatic carboxylic acids is 1. The maximum absolute atomic E-state index is 13.2. The van der Waals surface area contributed by atoms with Crippen LogP contribution in [0.5, 0.6) is 6.01 Å². The monoisotopic (exact) mass is 474 g/mol. The highest BCUT2D eigenvalue weighted by atomic mass is 16.6. The number of piperazine rings is 1. The standard InChI is InChI=1S/C22H30N6O6/c1-7-8-9-28-15-16(24-20(25(6)17(15)29)33-14(2)18(30)31)23-19(28)26-10-12-27(13-11-26)21(32)34-22(3,4)5/h14H,9-13H2,1-6H3,(H,30,31). The van der Waals surface area contributed by atoms with E-state index in [1.54, 1.807) is 16.4 Å². The number of carboxylic acids is 1. The number of carbonyl (C=O) groups is 2. The van der Waals surface area contributed by atoms with Crippen molar-refractivity contribution in [2.75, 3.05) is 31.1 Å². The van der Waals surface area contributed by atoms with Crippen molar-refractivity contribution in [1.82, 2.24) is 24.0 Å².